The van der Waals surface area contributed by atoms with E-state index in [0.29, 0.717) is 0 Å². The van der Waals surface area contributed by atoms with E-state index in [9.17, 15) is 0 Å². The minimum atomic E-state index is -1.50. The molecule has 0 aromatic heterocycles. The monoisotopic (exact) mass is 171 g/mol. The van der Waals surface area contributed by atoms with Crippen LogP contribution in [-0.2, 0) is 0 Å². The molecule has 0 atom stereocenters. The van der Waals surface area contributed by atoms with E-state index in [4.69, 9.17) is 26.4 Å². The van der Waals surface area contributed by atoms with Gasteiger partial charge in [-0.1, -0.05) is 19.6 Å². The highest BCUT2D eigenvalue weighted by atomic mass is 35.6. The van der Waals surface area contributed by atoms with Crippen LogP contribution in [0.4, 0.5) is 0 Å². The highest BCUT2D eigenvalue weighted by molar-refractivity contribution is 7.18. The average molecular weight is 172 g/mol. The summed E-state index contributed by atoms with van der Waals surface area (Å²) in [6.45, 7) is 6.28. The first-order chi connectivity index (χ1) is 3.73. The van der Waals surface area contributed by atoms with Gasteiger partial charge in [-0.3, -0.25) is 0 Å². The van der Waals surface area contributed by atoms with Crippen LogP contribution in [0.25, 0.3) is 0 Å². The predicted octanol–water partition coefficient (Wildman–Crippen LogP) is 1.71. The summed E-state index contributed by atoms with van der Waals surface area (Å²) in [5.41, 5.74) is 0. The van der Waals surface area contributed by atoms with E-state index in [2.05, 4.69) is 19.6 Å². The van der Waals surface area contributed by atoms with Crippen molar-refractivity contribution in [2.45, 2.75) is 19.6 Å². The van der Waals surface area contributed by atoms with E-state index < -0.39 is 12.5 Å². The normalized spacial score (nSPS) is 9.33. The Morgan fingerprint density at radius 1 is 1.56 bits per heavy atom. The van der Waals surface area contributed by atoms with Crippen LogP contribution in [-0.4, -0.2) is 17.7 Å². The Hall–Kier alpha value is -0.293. The van der Waals surface area contributed by atoms with Crippen molar-refractivity contribution in [1.29, 1.82) is 0 Å². The van der Waals surface area contributed by atoms with Crippen molar-refractivity contribution in [3.05, 3.63) is 10.1 Å². The van der Waals surface area contributed by atoms with Crippen LogP contribution >= 0.6 is 11.1 Å². The van der Waals surface area contributed by atoms with Crippen LogP contribution in [0.15, 0.2) is 0 Å². The molecule has 0 heterocycles. The van der Waals surface area contributed by atoms with Crippen molar-refractivity contribution in [2.75, 3.05) is 0 Å². The molecule has 1 N–H and O–H groups in total. The van der Waals surface area contributed by atoms with Crippen molar-refractivity contribution in [3.63, 3.8) is 0 Å². The fraction of sp³-hybridized carbons (Fsp3) is 1.00. The van der Waals surface area contributed by atoms with Gasteiger partial charge in [0.15, 0.2) is 0 Å². The topological polar surface area (TPSA) is 63.4 Å². The number of nitrogens with zero attached hydrogens (tertiary/aromatic N) is 1. The summed E-state index contributed by atoms with van der Waals surface area (Å²) in [6.07, 6.45) is 0. The number of rotatable bonds is 0. The molecule has 0 aromatic rings. The molecule has 0 aliphatic carbocycles. The first-order valence-corrected chi connectivity index (χ1v) is 6.77. The molecule has 0 unspecified atom stereocenters. The zero-order valence-corrected chi connectivity index (χ0v) is 7.34. The van der Waals surface area contributed by atoms with Gasteiger partial charge >= 0.3 is 0 Å². The van der Waals surface area contributed by atoms with E-state index >= 15 is 0 Å². The van der Waals surface area contributed by atoms with E-state index in [1.54, 1.807) is 0 Å². The van der Waals surface area contributed by atoms with Gasteiger partial charge in [0.05, 0.1) is 0 Å². The minimum Gasteiger partial charge on any atom is -0.328 e. The molecule has 0 saturated carbocycles. The smallest absolute Gasteiger partial charge is 0.291 e. The Balaban J connectivity index is 0. The van der Waals surface area contributed by atoms with Gasteiger partial charge in [-0.2, -0.15) is 11.1 Å². The maximum absolute atomic E-state index is 8.36. The zero-order valence-electron chi connectivity index (χ0n) is 5.59. The van der Waals surface area contributed by atoms with E-state index in [1.807, 2.05) is 0 Å². The van der Waals surface area contributed by atoms with Crippen molar-refractivity contribution < 1.29 is 10.3 Å². The van der Waals surface area contributed by atoms with E-state index in [1.165, 1.54) is 0 Å². The van der Waals surface area contributed by atoms with Crippen molar-refractivity contribution in [2.24, 2.45) is 0 Å². The van der Waals surface area contributed by atoms with Gasteiger partial charge in [0.25, 0.3) is 5.09 Å². The summed E-state index contributed by atoms with van der Waals surface area (Å²) >= 11 is 5.67. The third kappa shape index (κ3) is 2920. The number of halogens is 1. The maximum atomic E-state index is 8.36. The lowest BCUT2D eigenvalue weighted by Crippen LogP contribution is -2.06. The van der Waals surface area contributed by atoms with Crippen LogP contribution in [0, 0.1) is 10.1 Å². The number of hydrogen-bond acceptors (Lipinski definition) is 2. The molecule has 0 aliphatic heterocycles. The molecule has 0 amide bonds. The lowest BCUT2D eigenvalue weighted by atomic mass is 11.8. The molecule has 0 aliphatic rings. The maximum Gasteiger partial charge on any atom is 0.291 e. The fourth-order valence-electron chi connectivity index (χ4n) is 0. The SMILES string of the molecule is C[Si](C)(C)Cl.O=[N+]([O-])O. The van der Waals surface area contributed by atoms with E-state index in [-0.39, 0.29) is 0 Å². The molecule has 4 nitrogen and oxygen atoms in total. The van der Waals surface area contributed by atoms with Gasteiger partial charge in [0, 0.05) is 0 Å². The van der Waals surface area contributed by atoms with Crippen LogP contribution in [0.5, 0.6) is 0 Å². The van der Waals surface area contributed by atoms with Crippen molar-refractivity contribution in [3.8, 4) is 0 Å². The van der Waals surface area contributed by atoms with Crippen LogP contribution in [0.1, 0.15) is 0 Å². The molecule has 0 saturated heterocycles. The van der Waals surface area contributed by atoms with Gasteiger partial charge in [0.2, 0.25) is 0 Å². The summed E-state index contributed by atoms with van der Waals surface area (Å²) in [5, 5.41) is 13.6. The summed E-state index contributed by atoms with van der Waals surface area (Å²) < 4.78 is 0. The van der Waals surface area contributed by atoms with E-state index in [0.717, 1.165) is 0 Å². The Labute approximate surface area is 59.3 Å². The average Bonchev–Trinajstić information content (AvgIpc) is 1.19. The lowest BCUT2D eigenvalue weighted by molar-refractivity contribution is -0.742. The summed E-state index contributed by atoms with van der Waals surface area (Å²) in [4.78, 5) is 8.36. The molecule has 0 radical (unpaired) electrons. The first kappa shape index (κ1) is 11.5. The predicted molar refractivity (Wildman–Crippen MR) is 38.0 cm³/mol. The molecule has 0 rings (SSSR count). The van der Waals surface area contributed by atoms with Crippen LogP contribution in [0.3, 0.4) is 0 Å². The van der Waals surface area contributed by atoms with Gasteiger partial charge in [-0.05, 0) is 0 Å². The fourth-order valence-corrected chi connectivity index (χ4v) is 0. The standard InChI is InChI=1S/C3H9ClSi.HNO3/c1-5(2,3)4;2-1(3)4/h1-3H3;(H,2,3,4). The Morgan fingerprint density at radius 2 is 1.56 bits per heavy atom. The molecule has 6 heteroatoms. The van der Waals surface area contributed by atoms with Crippen molar-refractivity contribution in [1.82, 2.24) is 0 Å². The minimum absolute atomic E-state index is 1.14. The third-order valence-electron chi connectivity index (χ3n) is 0. The van der Waals surface area contributed by atoms with Crippen molar-refractivity contribution >= 4 is 18.5 Å². The quantitative estimate of drug-likeness (QED) is 0.261. The first-order valence-electron chi connectivity index (χ1n) is 2.25. The second kappa shape index (κ2) is 4.57. The highest BCUT2D eigenvalue weighted by Gasteiger charge is 2.04. The second-order valence-corrected chi connectivity index (χ2v) is 9.84. The molecule has 0 spiro atoms. The highest BCUT2D eigenvalue weighted by Crippen LogP contribution is 2.03. The Bertz CT molecular complexity index is 81.5. The van der Waals surface area contributed by atoms with Crippen LogP contribution < -0.4 is 0 Å². The molecule has 9 heavy (non-hydrogen) atoms. The molecular weight excluding hydrogens is 162 g/mol. The largest absolute Gasteiger partial charge is 0.328 e. The number of hydrogen-bond donors (Lipinski definition) is 1. The summed E-state index contributed by atoms with van der Waals surface area (Å²) in [5.74, 6) is 0. The van der Waals surface area contributed by atoms with Gasteiger partial charge < -0.3 is 5.21 Å². The molecular formula is C3H10ClNO3Si. The van der Waals surface area contributed by atoms with Gasteiger partial charge in [-0.25, -0.2) is 0 Å². The molecule has 0 fully saturated rings. The molecule has 0 bridgehead atoms. The summed E-state index contributed by atoms with van der Waals surface area (Å²) in [7, 11) is -1.14. The van der Waals surface area contributed by atoms with Gasteiger partial charge in [0.1, 0.15) is 7.38 Å². The zero-order chi connectivity index (χ0) is 8.08. The Morgan fingerprint density at radius 3 is 1.56 bits per heavy atom. The van der Waals surface area contributed by atoms with Crippen LogP contribution in [0.2, 0.25) is 19.6 Å². The Kier molecular flexibility index (Phi) is 5.84. The second-order valence-electron chi connectivity index (χ2n) is 2.30. The molecule has 0 aromatic carbocycles. The molecule has 56 valence electrons. The third-order valence-corrected chi connectivity index (χ3v) is 0. The summed E-state index contributed by atoms with van der Waals surface area (Å²) in [6, 6.07) is 0. The lowest BCUT2D eigenvalue weighted by Gasteiger charge is -1.97. The van der Waals surface area contributed by atoms with Gasteiger partial charge in [-0.15, -0.1) is 10.1 Å².